The van der Waals surface area contributed by atoms with Crippen LogP contribution < -0.4 is 0 Å². The number of aliphatic hydroxyl groups is 1. The molecule has 110 valence electrons. The van der Waals surface area contributed by atoms with Crippen LogP contribution in [-0.2, 0) is 9.53 Å². The molecule has 0 radical (unpaired) electrons. The molecule has 1 N–H and O–H groups in total. The van der Waals surface area contributed by atoms with Crippen LogP contribution in [0.15, 0.2) is 0 Å². The Balaban J connectivity index is 2.19. The molecule has 0 aromatic rings. The molecule has 2 saturated carbocycles. The number of carbonyl (C=O) groups excluding carboxylic acids is 1. The molecule has 2 fully saturated rings. The van der Waals surface area contributed by atoms with Gasteiger partial charge in [-0.1, -0.05) is 20.8 Å². The first kappa shape index (κ1) is 14.8. The molecule has 2 rings (SSSR count). The summed E-state index contributed by atoms with van der Waals surface area (Å²) in [6.45, 7) is 14.2. The number of carbonyl (C=O) groups is 1. The second-order valence-corrected chi connectivity index (χ2v) is 8.69. The van der Waals surface area contributed by atoms with E-state index in [0.717, 1.165) is 0 Å². The van der Waals surface area contributed by atoms with Gasteiger partial charge in [-0.25, -0.2) is 0 Å². The third kappa shape index (κ3) is 2.42. The minimum absolute atomic E-state index is 0.139. The fourth-order valence-electron chi connectivity index (χ4n) is 4.07. The van der Waals surface area contributed by atoms with E-state index >= 15 is 0 Å². The zero-order valence-electron chi connectivity index (χ0n) is 13.3. The highest BCUT2D eigenvalue weighted by atomic mass is 16.6. The largest absolute Gasteiger partial charge is 0.460 e. The van der Waals surface area contributed by atoms with Crippen LogP contribution in [0.1, 0.15) is 54.9 Å². The second kappa shape index (κ2) is 3.97. The molecule has 0 saturated heterocycles. The van der Waals surface area contributed by atoms with E-state index in [9.17, 15) is 9.90 Å². The summed E-state index contributed by atoms with van der Waals surface area (Å²) in [6, 6.07) is 0. The molecule has 0 amide bonds. The van der Waals surface area contributed by atoms with Crippen molar-refractivity contribution < 1.29 is 14.6 Å². The van der Waals surface area contributed by atoms with Gasteiger partial charge in [0.15, 0.2) is 0 Å². The molecular weight excluding hydrogens is 240 g/mol. The fourth-order valence-corrected chi connectivity index (χ4v) is 4.07. The molecule has 0 aromatic heterocycles. The average molecular weight is 268 g/mol. The lowest BCUT2D eigenvalue weighted by molar-refractivity contribution is -0.169. The number of fused-ring (bicyclic) bond motifs is 1. The van der Waals surface area contributed by atoms with Gasteiger partial charge in [0.25, 0.3) is 0 Å². The normalized spacial score (nSPS) is 41.9. The monoisotopic (exact) mass is 268 g/mol. The van der Waals surface area contributed by atoms with Crippen LogP contribution in [0.5, 0.6) is 0 Å². The Kier molecular flexibility index (Phi) is 3.10. The molecule has 19 heavy (non-hydrogen) atoms. The van der Waals surface area contributed by atoms with E-state index in [1.54, 1.807) is 0 Å². The summed E-state index contributed by atoms with van der Waals surface area (Å²) in [5, 5.41) is 10.2. The zero-order valence-corrected chi connectivity index (χ0v) is 13.3. The lowest BCUT2D eigenvalue weighted by Gasteiger charge is -2.33. The molecule has 2 aliphatic carbocycles. The lowest BCUT2D eigenvalue weighted by atomic mass is 9.76. The van der Waals surface area contributed by atoms with Crippen molar-refractivity contribution in [1.82, 2.24) is 0 Å². The van der Waals surface area contributed by atoms with E-state index in [1.807, 2.05) is 27.7 Å². The van der Waals surface area contributed by atoms with Gasteiger partial charge in [-0.3, -0.25) is 4.79 Å². The van der Waals surface area contributed by atoms with E-state index in [-0.39, 0.29) is 29.3 Å². The lowest BCUT2D eigenvalue weighted by Crippen LogP contribution is -2.38. The quantitative estimate of drug-likeness (QED) is 0.744. The van der Waals surface area contributed by atoms with Gasteiger partial charge in [0.2, 0.25) is 0 Å². The molecule has 2 aliphatic rings. The summed E-state index contributed by atoms with van der Waals surface area (Å²) in [5.74, 6) is 0.835. The molecule has 0 aliphatic heterocycles. The van der Waals surface area contributed by atoms with E-state index in [0.29, 0.717) is 12.3 Å². The van der Waals surface area contributed by atoms with E-state index < -0.39 is 11.0 Å². The Morgan fingerprint density at radius 2 is 1.74 bits per heavy atom. The maximum Gasteiger partial charge on any atom is 0.312 e. The highest BCUT2D eigenvalue weighted by molar-refractivity contribution is 5.79. The van der Waals surface area contributed by atoms with Gasteiger partial charge >= 0.3 is 5.97 Å². The predicted octanol–water partition coefficient (Wildman–Crippen LogP) is 3.01. The third-order valence-electron chi connectivity index (χ3n) is 4.75. The minimum Gasteiger partial charge on any atom is -0.460 e. The van der Waals surface area contributed by atoms with Gasteiger partial charge < -0.3 is 9.84 Å². The summed E-state index contributed by atoms with van der Waals surface area (Å²) < 4.78 is 5.58. The van der Waals surface area contributed by atoms with E-state index in [2.05, 4.69) is 20.8 Å². The molecular formula is C16H28O3. The van der Waals surface area contributed by atoms with E-state index in [1.165, 1.54) is 0 Å². The summed E-state index contributed by atoms with van der Waals surface area (Å²) in [4.78, 5) is 12.5. The van der Waals surface area contributed by atoms with Crippen molar-refractivity contribution in [3.05, 3.63) is 0 Å². The molecule has 3 heteroatoms. The second-order valence-electron chi connectivity index (χ2n) is 8.69. The van der Waals surface area contributed by atoms with Gasteiger partial charge in [-0.2, -0.15) is 0 Å². The fraction of sp³-hybridized carbons (Fsp3) is 0.938. The van der Waals surface area contributed by atoms with Crippen LogP contribution >= 0.6 is 0 Å². The maximum atomic E-state index is 12.5. The van der Waals surface area contributed by atoms with Crippen LogP contribution in [0.4, 0.5) is 0 Å². The molecule has 5 atom stereocenters. The van der Waals surface area contributed by atoms with Gasteiger partial charge in [0.05, 0.1) is 11.5 Å². The van der Waals surface area contributed by atoms with Gasteiger partial charge in [-0.05, 0) is 57.3 Å². The zero-order chi connectivity index (χ0) is 14.8. The average Bonchev–Trinajstić information content (AvgIpc) is 2.83. The molecule has 1 unspecified atom stereocenters. The van der Waals surface area contributed by atoms with Crippen molar-refractivity contribution in [3.8, 4) is 0 Å². The Bertz CT molecular complexity index is 388. The van der Waals surface area contributed by atoms with E-state index in [4.69, 9.17) is 4.74 Å². The number of hydrogen-bond donors (Lipinski definition) is 1. The van der Waals surface area contributed by atoms with Crippen molar-refractivity contribution >= 4 is 5.97 Å². The first-order valence-corrected chi connectivity index (χ1v) is 7.29. The number of aliphatic hydroxyl groups excluding tert-OH is 1. The first-order valence-electron chi connectivity index (χ1n) is 7.29. The van der Waals surface area contributed by atoms with Crippen molar-refractivity contribution in [2.24, 2.45) is 28.6 Å². The number of hydrogen-bond acceptors (Lipinski definition) is 3. The summed E-state index contributed by atoms with van der Waals surface area (Å²) in [5.41, 5.74) is -0.843. The Morgan fingerprint density at radius 1 is 1.21 bits per heavy atom. The van der Waals surface area contributed by atoms with Gasteiger partial charge in [0, 0.05) is 0 Å². The molecule has 0 spiro atoms. The van der Waals surface area contributed by atoms with Gasteiger partial charge in [0.1, 0.15) is 5.60 Å². The number of rotatable bonds is 1. The maximum absolute atomic E-state index is 12.5. The summed E-state index contributed by atoms with van der Waals surface area (Å²) >= 11 is 0. The topological polar surface area (TPSA) is 46.5 Å². The standard InChI is InChI=1S/C16H28O3/c1-14(2,3)11-10-9(17)8-16(7,12(10)11)13(18)19-15(4,5)6/h9-12,17H,8H2,1-7H3/t9?,10-,11-,12-,16+/m0/s1. The van der Waals surface area contributed by atoms with Gasteiger partial charge in [-0.15, -0.1) is 0 Å². The highest BCUT2D eigenvalue weighted by Gasteiger charge is 2.72. The number of esters is 1. The first-order chi connectivity index (χ1) is 8.38. The molecule has 3 nitrogen and oxygen atoms in total. The summed E-state index contributed by atoms with van der Waals surface area (Å²) in [6.07, 6.45) is 0.191. The highest BCUT2D eigenvalue weighted by Crippen LogP contribution is 2.71. The van der Waals surface area contributed by atoms with Crippen LogP contribution in [-0.4, -0.2) is 22.8 Å². The molecule has 0 heterocycles. The summed E-state index contributed by atoms with van der Waals surface area (Å²) in [7, 11) is 0. The Morgan fingerprint density at radius 3 is 2.11 bits per heavy atom. The molecule has 0 bridgehead atoms. The van der Waals surface area contributed by atoms with Crippen molar-refractivity contribution in [2.75, 3.05) is 0 Å². The number of ether oxygens (including phenoxy) is 1. The third-order valence-corrected chi connectivity index (χ3v) is 4.75. The SMILES string of the molecule is CC(C)(C)OC(=O)[C@]1(C)CC(O)[C@H]2[C@H](C(C)(C)C)[C@H]21. The smallest absolute Gasteiger partial charge is 0.312 e. The van der Waals surface area contributed by atoms with Crippen molar-refractivity contribution in [3.63, 3.8) is 0 Å². The Hall–Kier alpha value is -0.570. The Labute approximate surface area is 116 Å². The molecule has 0 aromatic carbocycles. The van der Waals surface area contributed by atoms with Crippen LogP contribution in [0, 0.1) is 28.6 Å². The van der Waals surface area contributed by atoms with Crippen LogP contribution in [0.3, 0.4) is 0 Å². The van der Waals surface area contributed by atoms with Crippen LogP contribution in [0.2, 0.25) is 0 Å². The predicted molar refractivity (Wildman–Crippen MR) is 74.5 cm³/mol. The van der Waals surface area contributed by atoms with Crippen molar-refractivity contribution in [1.29, 1.82) is 0 Å². The van der Waals surface area contributed by atoms with Crippen molar-refractivity contribution in [2.45, 2.75) is 66.6 Å². The van der Waals surface area contributed by atoms with Crippen LogP contribution in [0.25, 0.3) is 0 Å². The minimum atomic E-state index is -0.519.